The second-order valence-corrected chi connectivity index (χ2v) is 6.15. The zero-order chi connectivity index (χ0) is 13.4. The number of aromatic nitrogens is 3. The molecule has 0 radical (unpaired) electrons. The molecule has 3 aromatic rings. The Morgan fingerprint density at radius 3 is 3.00 bits per heavy atom. The van der Waals surface area contributed by atoms with Crippen molar-refractivity contribution >= 4 is 38.3 Å². The lowest BCUT2D eigenvalue weighted by Crippen LogP contribution is -2.02. The molecule has 2 aromatic heterocycles. The summed E-state index contributed by atoms with van der Waals surface area (Å²) in [5, 5.41) is 3.10. The number of thiazole rings is 1. The molecule has 2 heterocycles. The van der Waals surface area contributed by atoms with Gasteiger partial charge in [0.05, 0.1) is 16.0 Å². The number of fused-ring (bicyclic) bond motifs is 1. The SMILES string of the molecule is Cn1c(-c2csc(CCN)n2)nc2cc(Br)ccc21. The largest absolute Gasteiger partial charge is 0.330 e. The molecule has 0 saturated carbocycles. The number of aryl methyl sites for hydroxylation is 1. The van der Waals surface area contributed by atoms with Crippen LogP contribution in [0.15, 0.2) is 28.1 Å². The van der Waals surface area contributed by atoms with Crippen LogP contribution in [-0.4, -0.2) is 21.1 Å². The van der Waals surface area contributed by atoms with E-state index in [4.69, 9.17) is 5.73 Å². The Morgan fingerprint density at radius 1 is 1.37 bits per heavy atom. The Kier molecular flexibility index (Phi) is 3.38. The Bertz CT molecular complexity index is 731. The molecule has 2 N–H and O–H groups in total. The van der Waals surface area contributed by atoms with Crippen LogP contribution in [0.3, 0.4) is 0 Å². The van der Waals surface area contributed by atoms with Gasteiger partial charge in [-0.3, -0.25) is 0 Å². The maximum Gasteiger partial charge on any atom is 0.160 e. The van der Waals surface area contributed by atoms with E-state index in [1.807, 2.05) is 24.6 Å². The summed E-state index contributed by atoms with van der Waals surface area (Å²) < 4.78 is 3.11. The first-order chi connectivity index (χ1) is 9.19. The summed E-state index contributed by atoms with van der Waals surface area (Å²) in [5.74, 6) is 0.896. The number of halogens is 1. The molecule has 4 nitrogen and oxygen atoms in total. The van der Waals surface area contributed by atoms with Crippen molar-refractivity contribution in [2.45, 2.75) is 6.42 Å². The Hall–Kier alpha value is -1.24. The number of nitrogens with zero attached hydrogens (tertiary/aromatic N) is 3. The van der Waals surface area contributed by atoms with Gasteiger partial charge in [0.1, 0.15) is 5.69 Å². The topological polar surface area (TPSA) is 56.7 Å². The Morgan fingerprint density at radius 2 is 2.21 bits per heavy atom. The van der Waals surface area contributed by atoms with Crippen molar-refractivity contribution in [1.82, 2.24) is 14.5 Å². The standard InChI is InChI=1S/C13H13BrN4S/c1-18-11-3-2-8(14)6-9(11)17-13(18)10-7-19-12(16-10)4-5-15/h2-3,6-7H,4-5,15H2,1H3. The molecule has 0 unspecified atom stereocenters. The van der Waals surface area contributed by atoms with Crippen molar-refractivity contribution in [1.29, 1.82) is 0 Å². The van der Waals surface area contributed by atoms with Crippen LogP contribution in [0.4, 0.5) is 0 Å². The molecule has 98 valence electrons. The summed E-state index contributed by atoms with van der Waals surface area (Å²) >= 11 is 5.11. The van der Waals surface area contributed by atoms with Gasteiger partial charge in [-0.05, 0) is 24.7 Å². The van der Waals surface area contributed by atoms with E-state index in [-0.39, 0.29) is 0 Å². The van der Waals surface area contributed by atoms with Crippen molar-refractivity contribution < 1.29 is 0 Å². The van der Waals surface area contributed by atoms with Gasteiger partial charge >= 0.3 is 0 Å². The van der Waals surface area contributed by atoms with E-state index in [1.165, 1.54) is 0 Å². The number of hydrogen-bond acceptors (Lipinski definition) is 4. The molecular weight excluding hydrogens is 324 g/mol. The summed E-state index contributed by atoms with van der Waals surface area (Å²) in [7, 11) is 2.01. The van der Waals surface area contributed by atoms with Crippen molar-refractivity contribution in [2.75, 3.05) is 6.54 Å². The number of rotatable bonds is 3. The maximum atomic E-state index is 5.56. The highest BCUT2D eigenvalue weighted by atomic mass is 79.9. The summed E-state index contributed by atoms with van der Waals surface area (Å²) in [6.07, 6.45) is 0.820. The molecule has 0 aliphatic heterocycles. The molecule has 0 amide bonds. The summed E-state index contributed by atoms with van der Waals surface area (Å²) in [4.78, 5) is 9.25. The van der Waals surface area contributed by atoms with Crippen LogP contribution >= 0.6 is 27.3 Å². The van der Waals surface area contributed by atoms with E-state index in [0.29, 0.717) is 6.54 Å². The number of nitrogens with two attached hydrogens (primary N) is 1. The predicted molar refractivity (Wildman–Crippen MR) is 82.3 cm³/mol. The zero-order valence-corrected chi connectivity index (χ0v) is 12.8. The van der Waals surface area contributed by atoms with Gasteiger partial charge in [0.2, 0.25) is 0 Å². The molecule has 0 aliphatic carbocycles. The van der Waals surface area contributed by atoms with Crippen molar-refractivity contribution in [3.8, 4) is 11.5 Å². The first-order valence-corrected chi connectivity index (χ1v) is 7.63. The Labute approximate surface area is 123 Å². The summed E-state index contributed by atoms with van der Waals surface area (Å²) in [5.41, 5.74) is 8.55. The fraction of sp³-hybridized carbons (Fsp3) is 0.231. The third-order valence-electron chi connectivity index (χ3n) is 2.98. The van der Waals surface area contributed by atoms with Gasteiger partial charge in [-0.25, -0.2) is 9.97 Å². The average Bonchev–Trinajstić information content (AvgIpc) is 2.95. The molecule has 0 atom stereocenters. The lowest BCUT2D eigenvalue weighted by Gasteiger charge is -1.98. The average molecular weight is 337 g/mol. The van der Waals surface area contributed by atoms with Crippen LogP contribution < -0.4 is 5.73 Å². The quantitative estimate of drug-likeness (QED) is 0.799. The summed E-state index contributed by atoms with van der Waals surface area (Å²) in [6, 6.07) is 6.10. The molecule has 3 rings (SSSR count). The van der Waals surface area contributed by atoms with E-state index in [9.17, 15) is 0 Å². The van der Waals surface area contributed by atoms with E-state index in [2.05, 4.69) is 36.5 Å². The van der Waals surface area contributed by atoms with Gasteiger partial charge in [-0.2, -0.15) is 0 Å². The number of imidazole rings is 1. The third-order valence-corrected chi connectivity index (χ3v) is 4.38. The highest BCUT2D eigenvalue weighted by Gasteiger charge is 2.13. The van der Waals surface area contributed by atoms with E-state index >= 15 is 0 Å². The van der Waals surface area contributed by atoms with E-state index < -0.39 is 0 Å². The Balaban J connectivity index is 2.10. The first kappa shape index (κ1) is 12.8. The van der Waals surface area contributed by atoms with Crippen LogP contribution in [0, 0.1) is 0 Å². The van der Waals surface area contributed by atoms with E-state index in [1.54, 1.807) is 11.3 Å². The van der Waals surface area contributed by atoms with Crippen LogP contribution in [0.2, 0.25) is 0 Å². The lowest BCUT2D eigenvalue weighted by molar-refractivity contribution is 0.932. The van der Waals surface area contributed by atoms with E-state index in [0.717, 1.165) is 38.5 Å². The second-order valence-electron chi connectivity index (χ2n) is 4.29. The van der Waals surface area contributed by atoms with Crippen molar-refractivity contribution in [3.05, 3.63) is 33.1 Å². The molecule has 19 heavy (non-hydrogen) atoms. The molecule has 0 spiro atoms. The predicted octanol–water partition coefficient (Wildman–Crippen LogP) is 2.96. The van der Waals surface area contributed by atoms with Crippen LogP contribution in [0.1, 0.15) is 5.01 Å². The highest BCUT2D eigenvalue weighted by Crippen LogP contribution is 2.26. The van der Waals surface area contributed by atoms with Gasteiger partial charge in [-0.15, -0.1) is 11.3 Å². The fourth-order valence-corrected chi connectivity index (χ4v) is 3.20. The maximum absolute atomic E-state index is 5.56. The number of benzene rings is 1. The summed E-state index contributed by atoms with van der Waals surface area (Å²) in [6.45, 7) is 0.627. The zero-order valence-electron chi connectivity index (χ0n) is 10.4. The second kappa shape index (κ2) is 5.03. The lowest BCUT2D eigenvalue weighted by atomic mass is 10.3. The van der Waals surface area contributed by atoms with Gasteiger partial charge in [0.15, 0.2) is 5.82 Å². The number of hydrogen-bond donors (Lipinski definition) is 1. The first-order valence-electron chi connectivity index (χ1n) is 5.96. The smallest absolute Gasteiger partial charge is 0.160 e. The molecule has 1 aromatic carbocycles. The minimum absolute atomic E-state index is 0.627. The highest BCUT2D eigenvalue weighted by molar-refractivity contribution is 9.10. The monoisotopic (exact) mass is 336 g/mol. The normalized spacial score (nSPS) is 11.3. The van der Waals surface area contributed by atoms with Gasteiger partial charge in [-0.1, -0.05) is 15.9 Å². The van der Waals surface area contributed by atoms with Crippen LogP contribution in [0.25, 0.3) is 22.6 Å². The molecule has 0 aliphatic rings. The van der Waals surface area contributed by atoms with Crippen molar-refractivity contribution in [3.63, 3.8) is 0 Å². The molecule has 0 fully saturated rings. The fourth-order valence-electron chi connectivity index (χ4n) is 2.05. The van der Waals surface area contributed by atoms with Crippen molar-refractivity contribution in [2.24, 2.45) is 12.8 Å². The van der Waals surface area contributed by atoms with Crippen LogP contribution in [0.5, 0.6) is 0 Å². The third kappa shape index (κ3) is 2.31. The van der Waals surface area contributed by atoms with Crippen LogP contribution in [-0.2, 0) is 13.5 Å². The molecule has 6 heteroatoms. The van der Waals surface area contributed by atoms with Gasteiger partial charge in [0.25, 0.3) is 0 Å². The minimum Gasteiger partial charge on any atom is -0.330 e. The molecule has 0 bridgehead atoms. The molecule has 0 saturated heterocycles. The van der Waals surface area contributed by atoms with Gasteiger partial charge in [0, 0.05) is 23.3 Å². The molecular formula is C13H13BrN4S. The van der Waals surface area contributed by atoms with Gasteiger partial charge < -0.3 is 10.3 Å². The minimum atomic E-state index is 0.627.